The molecule has 0 aliphatic rings. The Kier molecular flexibility index (Phi) is 4.19. The molecule has 0 saturated heterocycles. The number of halogens is 3. The molecule has 0 spiro atoms. The van der Waals surface area contributed by atoms with Crippen LogP contribution in [0.25, 0.3) is 0 Å². The molecule has 13 heavy (non-hydrogen) atoms. The highest BCUT2D eigenvalue weighted by molar-refractivity contribution is 5.71. The van der Waals surface area contributed by atoms with Crippen molar-refractivity contribution in [1.29, 1.82) is 0 Å². The number of carbonyl (C=O) groups is 1. The predicted octanol–water partition coefficient (Wildman–Crippen LogP) is 1.47. The van der Waals surface area contributed by atoms with Crippen LogP contribution in [0.15, 0.2) is 0 Å². The Balaban J connectivity index is 4.35. The van der Waals surface area contributed by atoms with Crippen molar-refractivity contribution in [3.63, 3.8) is 0 Å². The van der Waals surface area contributed by atoms with Crippen molar-refractivity contribution >= 4 is 5.97 Å². The van der Waals surface area contributed by atoms with E-state index in [1.54, 1.807) is 0 Å². The minimum Gasteiger partial charge on any atom is -0.479 e. The molecule has 0 amide bonds. The van der Waals surface area contributed by atoms with Crippen molar-refractivity contribution in [3.05, 3.63) is 0 Å². The molecular formula is C7H11F3O3. The Morgan fingerprint density at radius 2 is 2.08 bits per heavy atom. The number of aliphatic carboxylic acids is 1. The van der Waals surface area contributed by atoms with Crippen molar-refractivity contribution in [3.8, 4) is 0 Å². The molecule has 0 aromatic heterocycles. The lowest BCUT2D eigenvalue weighted by atomic mass is 10.1. The van der Waals surface area contributed by atoms with Crippen LogP contribution in [0, 0.1) is 0 Å². The number of hydrogen-bond donors (Lipinski definition) is 1. The second-order valence-corrected chi connectivity index (χ2v) is 2.85. The minimum atomic E-state index is -3.06. The summed E-state index contributed by atoms with van der Waals surface area (Å²) >= 11 is 0. The summed E-state index contributed by atoms with van der Waals surface area (Å²) in [7, 11) is 0. The normalized spacial score (nSPS) is 18.3. The highest BCUT2D eigenvalue weighted by atomic mass is 19.3. The second-order valence-electron chi connectivity index (χ2n) is 2.85. The molecule has 6 heteroatoms. The fourth-order valence-electron chi connectivity index (χ4n) is 0.596. The van der Waals surface area contributed by atoms with Gasteiger partial charge in [-0.2, -0.15) is 0 Å². The van der Waals surface area contributed by atoms with E-state index in [1.807, 2.05) is 0 Å². The van der Waals surface area contributed by atoms with Crippen molar-refractivity contribution in [2.75, 3.05) is 6.67 Å². The smallest absolute Gasteiger partial charge is 0.332 e. The zero-order valence-electron chi connectivity index (χ0n) is 7.26. The van der Waals surface area contributed by atoms with E-state index in [-0.39, 0.29) is 0 Å². The van der Waals surface area contributed by atoms with Crippen LogP contribution in [0.2, 0.25) is 0 Å². The first-order valence-corrected chi connectivity index (χ1v) is 3.58. The van der Waals surface area contributed by atoms with E-state index in [2.05, 4.69) is 4.74 Å². The van der Waals surface area contributed by atoms with Gasteiger partial charge in [0.1, 0.15) is 6.67 Å². The zero-order valence-corrected chi connectivity index (χ0v) is 7.26. The van der Waals surface area contributed by atoms with Gasteiger partial charge in [-0.3, -0.25) is 0 Å². The van der Waals surface area contributed by atoms with Gasteiger partial charge in [-0.15, -0.1) is 0 Å². The summed E-state index contributed by atoms with van der Waals surface area (Å²) in [5.74, 6) is -1.40. The van der Waals surface area contributed by atoms with E-state index < -0.39 is 30.8 Å². The lowest BCUT2D eigenvalue weighted by Gasteiger charge is -2.27. The first kappa shape index (κ1) is 12.2. The molecule has 3 nitrogen and oxygen atoms in total. The standard InChI is InChI=1S/C7H11F3O3/c1-4(5(11)12)13-7(2,3-8)6(9)10/h4,6H,3H2,1-2H3,(H,11,12). The van der Waals surface area contributed by atoms with Crippen LogP contribution in [-0.4, -0.2) is 35.9 Å². The van der Waals surface area contributed by atoms with Crippen LogP contribution >= 0.6 is 0 Å². The lowest BCUT2D eigenvalue weighted by Crippen LogP contribution is -2.44. The quantitative estimate of drug-likeness (QED) is 0.730. The summed E-state index contributed by atoms with van der Waals surface area (Å²) in [6.45, 7) is 0.470. The Morgan fingerprint density at radius 1 is 1.62 bits per heavy atom. The molecule has 2 unspecified atom stereocenters. The Labute approximate surface area is 73.5 Å². The second kappa shape index (κ2) is 4.45. The molecule has 0 aliphatic heterocycles. The van der Waals surface area contributed by atoms with Crippen LogP contribution in [0.4, 0.5) is 13.2 Å². The molecule has 0 bridgehead atoms. The number of hydrogen-bond acceptors (Lipinski definition) is 2. The fraction of sp³-hybridized carbons (Fsp3) is 0.857. The van der Waals surface area contributed by atoms with Gasteiger partial charge < -0.3 is 9.84 Å². The van der Waals surface area contributed by atoms with Crippen LogP contribution in [-0.2, 0) is 9.53 Å². The maximum atomic E-state index is 12.1. The number of alkyl halides is 3. The minimum absolute atomic E-state index is 0.830. The number of rotatable bonds is 5. The summed E-state index contributed by atoms with van der Waals surface area (Å²) in [6.07, 6.45) is -4.51. The van der Waals surface area contributed by atoms with Gasteiger partial charge in [0.2, 0.25) is 0 Å². The molecule has 78 valence electrons. The maximum absolute atomic E-state index is 12.1. The molecule has 2 atom stereocenters. The highest BCUT2D eigenvalue weighted by Gasteiger charge is 2.39. The van der Waals surface area contributed by atoms with E-state index in [4.69, 9.17) is 5.11 Å². The summed E-state index contributed by atoms with van der Waals surface area (Å²) in [6, 6.07) is 0. The average Bonchev–Trinajstić information content (AvgIpc) is 2.03. The Hall–Kier alpha value is -0.780. The number of ether oxygens (including phenoxy) is 1. The molecule has 0 aromatic rings. The van der Waals surface area contributed by atoms with Gasteiger partial charge in [-0.05, 0) is 13.8 Å². The van der Waals surface area contributed by atoms with E-state index in [9.17, 15) is 18.0 Å². The number of carboxylic acid groups (broad SMARTS) is 1. The van der Waals surface area contributed by atoms with Crippen LogP contribution in [0.3, 0.4) is 0 Å². The molecule has 1 N–H and O–H groups in total. The van der Waals surface area contributed by atoms with Crippen LogP contribution in [0.5, 0.6) is 0 Å². The average molecular weight is 200 g/mol. The summed E-state index contributed by atoms with van der Waals surface area (Å²) < 4.78 is 40.8. The molecule has 0 rings (SSSR count). The van der Waals surface area contributed by atoms with Crippen LogP contribution < -0.4 is 0 Å². The largest absolute Gasteiger partial charge is 0.479 e. The molecule has 0 saturated carbocycles. The summed E-state index contributed by atoms with van der Waals surface area (Å²) in [5.41, 5.74) is -2.34. The molecule has 0 aliphatic carbocycles. The summed E-state index contributed by atoms with van der Waals surface area (Å²) in [4.78, 5) is 10.2. The van der Waals surface area contributed by atoms with Gasteiger partial charge in [-0.1, -0.05) is 0 Å². The van der Waals surface area contributed by atoms with Crippen molar-refractivity contribution in [1.82, 2.24) is 0 Å². The third-order valence-corrected chi connectivity index (χ3v) is 1.52. The maximum Gasteiger partial charge on any atom is 0.332 e. The van der Waals surface area contributed by atoms with E-state index >= 15 is 0 Å². The molecule has 0 heterocycles. The first-order chi connectivity index (χ1) is 5.83. The predicted molar refractivity (Wildman–Crippen MR) is 38.6 cm³/mol. The third-order valence-electron chi connectivity index (χ3n) is 1.52. The topological polar surface area (TPSA) is 46.5 Å². The summed E-state index contributed by atoms with van der Waals surface area (Å²) in [5, 5.41) is 8.33. The van der Waals surface area contributed by atoms with E-state index in [0.29, 0.717) is 0 Å². The Bertz CT molecular complexity index is 186. The van der Waals surface area contributed by atoms with Crippen molar-refractivity contribution in [2.24, 2.45) is 0 Å². The third kappa shape index (κ3) is 3.22. The molecule has 0 radical (unpaired) electrons. The molecule has 0 fully saturated rings. The van der Waals surface area contributed by atoms with Crippen LogP contribution in [0.1, 0.15) is 13.8 Å². The zero-order chi connectivity index (χ0) is 10.6. The first-order valence-electron chi connectivity index (χ1n) is 3.58. The molecular weight excluding hydrogens is 189 g/mol. The van der Waals surface area contributed by atoms with Gasteiger partial charge in [-0.25, -0.2) is 18.0 Å². The SMILES string of the molecule is CC(OC(C)(CF)C(F)F)C(=O)O. The van der Waals surface area contributed by atoms with Gasteiger partial charge in [0, 0.05) is 0 Å². The highest BCUT2D eigenvalue weighted by Crippen LogP contribution is 2.22. The van der Waals surface area contributed by atoms with Crippen molar-refractivity contribution < 1.29 is 27.8 Å². The fourth-order valence-corrected chi connectivity index (χ4v) is 0.596. The van der Waals surface area contributed by atoms with E-state index in [1.165, 1.54) is 0 Å². The lowest BCUT2D eigenvalue weighted by molar-refractivity contribution is -0.185. The number of carboxylic acids is 1. The van der Waals surface area contributed by atoms with Gasteiger partial charge in [0.25, 0.3) is 6.43 Å². The van der Waals surface area contributed by atoms with Gasteiger partial charge in [0.05, 0.1) is 0 Å². The van der Waals surface area contributed by atoms with Gasteiger partial charge in [0.15, 0.2) is 11.7 Å². The Morgan fingerprint density at radius 3 is 2.31 bits per heavy atom. The van der Waals surface area contributed by atoms with E-state index in [0.717, 1.165) is 13.8 Å². The van der Waals surface area contributed by atoms with Gasteiger partial charge >= 0.3 is 5.97 Å². The molecule has 0 aromatic carbocycles. The van der Waals surface area contributed by atoms with Crippen molar-refractivity contribution in [2.45, 2.75) is 32.0 Å². The monoisotopic (exact) mass is 200 g/mol.